The Morgan fingerprint density at radius 1 is 1.45 bits per heavy atom. The van der Waals surface area contributed by atoms with Crippen LogP contribution in [0.3, 0.4) is 0 Å². The van der Waals surface area contributed by atoms with Crippen molar-refractivity contribution in [2.75, 3.05) is 5.73 Å². The third-order valence-corrected chi connectivity index (χ3v) is 2.19. The van der Waals surface area contributed by atoms with Gasteiger partial charge < -0.3 is 5.73 Å². The molecule has 0 atom stereocenters. The Labute approximate surface area is 81.5 Å². The van der Waals surface area contributed by atoms with Crippen molar-refractivity contribution in [2.45, 2.75) is 13.3 Å². The summed E-state index contributed by atoms with van der Waals surface area (Å²) in [5, 5.41) is 0. The second-order valence-electron chi connectivity index (χ2n) is 2.21. The average Bonchev–Trinajstić information content (AvgIpc) is 1.95. The van der Waals surface area contributed by atoms with Gasteiger partial charge in [-0.05, 0) is 40.0 Å². The third kappa shape index (κ3) is 2.72. The van der Waals surface area contributed by atoms with Crippen molar-refractivity contribution in [1.29, 1.82) is 0 Å². The van der Waals surface area contributed by atoms with Gasteiger partial charge in [0.15, 0.2) is 0 Å². The van der Waals surface area contributed by atoms with E-state index in [0.717, 1.165) is 16.6 Å². The first-order valence-corrected chi connectivity index (χ1v) is 4.07. The lowest BCUT2D eigenvalue weighted by Crippen LogP contribution is -1.88. The summed E-state index contributed by atoms with van der Waals surface area (Å²) < 4.78 is 0.977. The number of aryl methyl sites for hydroxylation is 1. The standard InChI is InChI=1S/C8H10BrN.ClH/c1-2-6-3-4-7(9)8(10)5-6;/h3-5H,2,10H2,1H3;1H. The summed E-state index contributed by atoms with van der Waals surface area (Å²) in [6.45, 7) is 2.11. The maximum absolute atomic E-state index is 5.65. The van der Waals surface area contributed by atoms with Gasteiger partial charge in [0, 0.05) is 10.2 Å². The molecule has 0 bridgehead atoms. The average molecular weight is 237 g/mol. The molecular weight excluding hydrogens is 225 g/mol. The lowest BCUT2D eigenvalue weighted by Gasteiger charge is -1.99. The van der Waals surface area contributed by atoms with Crippen LogP contribution in [0.2, 0.25) is 0 Å². The predicted molar refractivity (Wildman–Crippen MR) is 55.2 cm³/mol. The Kier molecular flexibility index (Phi) is 4.54. The molecular formula is C8H11BrClN. The topological polar surface area (TPSA) is 26.0 Å². The van der Waals surface area contributed by atoms with E-state index in [-0.39, 0.29) is 12.4 Å². The minimum atomic E-state index is 0. The maximum Gasteiger partial charge on any atom is 0.0461 e. The molecule has 62 valence electrons. The van der Waals surface area contributed by atoms with E-state index in [1.807, 2.05) is 12.1 Å². The molecule has 1 nitrogen and oxygen atoms in total. The molecule has 0 radical (unpaired) electrons. The van der Waals surface area contributed by atoms with Crippen LogP contribution >= 0.6 is 28.3 Å². The summed E-state index contributed by atoms with van der Waals surface area (Å²) in [5.41, 5.74) is 7.75. The van der Waals surface area contributed by atoms with Crippen LogP contribution in [0.5, 0.6) is 0 Å². The predicted octanol–water partition coefficient (Wildman–Crippen LogP) is 3.02. The summed E-state index contributed by atoms with van der Waals surface area (Å²) in [6, 6.07) is 6.04. The first-order chi connectivity index (χ1) is 4.74. The van der Waals surface area contributed by atoms with Crippen LogP contribution in [0, 0.1) is 0 Å². The first kappa shape index (κ1) is 10.8. The van der Waals surface area contributed by atoms with E-state index in [1.54, 1.807) is 0 Å². The van der Waals surface area contributed by atoms with Gasteiger partial charge in [0.1, 0.15) is 0 Å². The van der Waals surface area contributed by atoms with Gasteiger partial charge >= 0.3 is 0 Å². The lowest BCUT2D eigenvalue weighted by atomic mass is 10.1. The summed E-state index contributed by atoms with van der Waals surface area (Å²) in [7, 11) is 0. The highest BCUT2D eigenvalue weighted by Crippen LogP contribution is 2.20. The van der Waals surface area contributed by atoms with E-state index in [1.165, 1.54) is 5.56 Å². The molecule has 0 saturated heterocycles. The van der Waals surface area contributed by atoms with Gasteiger partial charge in [-0.1, -0.05) is 13.0 Å². The number of anilines is 1. The summed E-state index contributed by atoms with van der Waals surface area (Å²) >= 11 is 3.33. The fourth-order valence-electron chi connectivity index (χ4n) is 0.813. The van der Waals surface area contributed by atoms with Gasteiger partial charge in [-0.15, -0.1) is 12.4 Å². The van der Waals surface area contributed by atoms with E-state index in [2.05, 4.69) is 28.9 Å². The van der Waals surface area contributed by atoms with Crippen molar-refractivity contribution >= 4 is 34.0 Å². The highest BCUT2D eigenvalue weighted by molar-refractivity contribution is 9.10. The molecule has 0 fully saturated rings. The SMILES string of the molecule is CCc1ccc(Br)c(N)c1.Cl. The Morgan fingerprint density at radius 3 is 2.55 bits per heavy atom. The molecule has 1 aromatic carbocycles. The summed E-state index contributed by atoms with van der Waals surface area (Å²) in [4.78, 5) is 0. The molecule has 0 aliphatic rings. The molecule has 1 aromatic rings. The Balaban J connectivity index is 0.000001000. The minimum absolute atomic E-state index is 0. The molecule has 11 heavy (non-hydrogen) atoms. The third-order valence-electron chi connectivity index (χ3n) is 1.47. The maximum atomic E-state index is 5.65. The van der Waals surface area contributed by atoms with E-state index in [9.17, 15) is 0 Å². The smallest absolute Gasteiger partial charge is 0.0461 e. The van der Waals surface area contributed by atoms with Crippen LogP contribution in [-0.4, -0.2) is 0 Å². The van der Waals surface area contributed by atoms with E-state index >= 15 is 0 Å². The zero-order chi connectivity index (χ0) is 7.56. The molecule has 0 amide bonds. The molecule has 0 unspecified atom stereocenters. The molecule has 0 aliphatic carbocycles. The van der Waals surface area contributed by atoms with Crippen molar-refractivity contribution < 1.29 is 0 Å². The molecule has 0 spiro atoms. The van der Waals surface area contributed by atoms with Crippen molar-refractivity contribution in [1.82, 2.24) is 0 Å². The van der Waals surface area contributed by atoms with Gasteiger partial charge in [-0.25, -0.2) is 0 Å². The van der Waals surface area contributed by atoms with Gasteiger partial charge in [0.2, 0.25) is 0 Å². The van der Waals surface area contributed by atoms with Crippen LogP contribution in [0.25, 0.3) is 0 Å². The zero-order valence-corrected chi connectivity index (χ0v) is 8.71. The minimum Gasteiger partial charge on any atom is -0.398 e. The van der Waals surface area contributed by atoms with Crippen LogP contribution in [0.1, 0.15) is 12.5 Å². The lowest BCUT2D eigenvalue weighted by molar-refractivity contribution is 1.14. The van der Waals surface area contributed by atoms with Crippen LogP contribution in [-0.2, 0) is 6.42 Å². The Morgan fingerprint density at radius 2 is 2.09 bits per heavy atom. The second kappa shape index (κ2) is 4.62. The van der Waals surface area contributed by atoms with E-state index in [0.29, 0.717) is 0 Å². The fourth-order valence-corrected chi connectivity index (χ4v) is 1.06. The number of rotatable bonds is 1. The number of hydrogen-bond donors (Lipinski definition) is 1. The van der Waals surface area contributed by atoms with Crippen molar-refractivity contribution in [2.24, 2.45) is 0 Å². The highest BCUT2D eigenvalue weighted by Gasteiger charge is 1.94. The fraction of sp³-hybridized carbons (Fsp3) is 0.250. The van der Waals surface area contributed by atoms with Gasteiger partial charge in [-0.3, -0.25) is 0 Å². The van der Waals surface area contributed by atoms with Crippen molar-refractivity contribution in [3.8, 4) is 0 Å². The zero-order valence-electron chi connectivity index (χ0n) is 6.30. The molecule has 0 aromatic heterocycles. The van der Waals surface area contributed by atoms with E-state index in [4.69, 9.17) is 5.73 Å². The number of nitrogen functional groups attached to an aromatic ring is 1. The first-order valence-electron chi connectivity index (χ1n) is 3.28. The molecule has 0 aliphatic heterocycles. The van der Waals surface area contributed by atoms with Gasteiger partial charge in [0.05, 0.1) is 0 Å². The van der Waals surface area contributed by atoms with E-state index < -0.39 is 0 Å². The number of nitrogens with two attached hydrogens (primary N) is 1. The van der Waals surface area contributed by atoms with Crippen molar-refractivity contribution in [3.63, 3.8) is 0 Å². The monoisotopic (exact) mass is 235 g/mol. The Hall–Kier alpha value is -0.210. The van der Waals surface area contributed by atoms with Crippen LogP contribution < -0.4 is 5.73 Å². The highest BCUT2D eigenvalue weighted by atomic mass is 79.9. The number of halogens is 2. The largest absolute Gasteiger partial charge is 0.398 e. The number of benzene rings is 1. The molecule has 2 N–H and O–H groups in total. The normalized spacial score (nSPS) is 8.91. The van der Waals surface area contributed by atoms with Crippen LogP contribution in [0.15, 0.2) is 22.7 Å². The van der Waals surface area contributed by atoms with Gasteiger partial charge in [0.25, 0.3) is 0 Å². The summed E-state index contributed by atoms with van der Waals surface area (Å²) in [5.74, 6) is 0. The molecule has 0 heterocycles. The molecule has 0 saturated carbocycles. The quantitative estimate of drug-likeness (QED) is 0.745. The van der Waals surface area contributed by atoms with Crippen molar-refractivity contribution in [3.05, 3.63) is 28.2 Å². The number of hydrogen-bond acceptors (Lipinski definition) is 1. The second-order valence-corrected chi connectivity index (χ2v) is 3.06. The summed E-state index contributed by atoms with van der Waals surface area (Å²) in [6.07, 6.45) is 1.04. The molecule has 3 heteroatoms. The van der Waals surface area contributed by atoms with Crippen LogP contribution in [0.4, 0.5) is 5.69 Å². The Bertz CT molecular complexity index is 238. The van der Waals surface area contributed by atoms with Gasteiger partial charge in [-0.2, -0.15) is 0 Å². The molecule has 1 rings (SSSR count).